The molecule has 3 nitrogen and oxygen atoms in total. The summed E-state index contributed by atoms with van der Waals surface area (Å²) < 4.78 is 0. The van der Waals surface area contributed by atoms with Gasteiger partial charge in [0.05, 0.1) is 10.8 Å². The van der Waals surface area contributed by atoms with Crippen molar-refractivity contribution >= 4 is 35.1 Å². The van der Waals surface area contributed by atoms with Crippen LogP contribution >= 0.6 is 23.5 Å². The van der Waals surface area contributed by atoms with E-state index in [1.54, 1.807) is 29.7 Å². The molecule has 0 spiro atoms. The Balaban J connectivity index is 1.83. The standard InChI is InChI=1S/C18H22N2OS2/c1-14(2)11-22-13-17(21)20-16-7-5-6-15(10-16)12-23-18-8-3-4-9-19-18/h3-10,14H,11-13H2,1-2H3,(H,20,21). The van der Waals surface area contributed by atoms with Crippen LogP contribution < -0.4 is 5.32 Å². The van der Waals surface area contributed by atoms with Crippen molar-refractivity contribution in [2.24, 2.45) is 5.92 Å². The van der Waals surface area contributed by atoms with Crippen LogP contribution in [-0.4, -0.2) is 22.4 Å². The van der Waals surface area contributed by atoms with E-state index < -0.39 is 0 Å². The normalized spacial score (nSPS) is 10.7. The summed E-state index contributed by atoms with van der Waals surface area (Å²) >= 11 is 3.37. The Labute approximate surface area is 146 Å². The number of rotatable bonds is 8. The Morgan fingerprint density at radius 2 is 2.09 bits per heavy atom. The van der Waals surface area contributed by atoms with Gasteiger partial charge >= 0.3 is 0 Å². The Hall–Kier alpha value is -1.46. The zero-order valence-corrected chi connectivity index (χ0v) is 15.1. The first-order valence-electron chi connectivity index (χ1n) is 7.64. The molecule has 5 heteroatoms. The molecule has 0 aliphatic heterocycles. The molecule has 0 unspecified atom stereocenters. The van der Waals surface area contributed by atoms with Gasteiger partial charge in [-0.3, -0.25) is 4.79 Å². The van der Waals surface area contributed by atoms with E-state index in [0.29, 0.717) is 11.7 Å². The monoisotopic (exact) mass is 346 g/mol. The topological polar surface area (TPSA) is 42.0 Å². The highest BCUT2D eigenvalue weighted by Crippen LogP contribution is 2.22. The van der Waals surface area contributed by atoms with Crippen LogP contribution in [0.15, 0.2) is 53.7 Å². The van der Waals surface area contributed by atoms with Crippen molar-refractivity contribution in [3.05, 3.63) is 54.2 Å². The number of nitrogens with zero attached hydrogens (tertiary/aromatic N) is 1. The van der Waals surface area contributed by atoms with Crippen molar-refractivity contribution in [2.75, 3.05) is 16.8 Å². The van der Waals surface area contributed by atoms with Crippen molar-refractivity contribution in [3.8, 4) is 0 Å². The van der Waals surface area contributed by atoms with Crippen LogP contribution in [0.5, 0.6) is 0 Å². The number of hydrogen-bond donors (Lipinski definition) is 1. The number of anilines is 1. The summed E-state index contributed by atoms with van der Waals surface area (Å²) in [5, 5.41) is 3.98. The first kappa shape index (κ1) is 17.9. The maximum absolute atomic E-state index is 11.9. The van der Waals surface area contributed by atoms with Crippen LogP contribution in [0.25, 0.3) is 0 Å². The number of benzene rings is 1. The van der Waals surface area contributed by atoms with Gasteiger partial charge in [-0.25, -0.2) is 4.98 Å². The van der Waals surface area contributed by atoms with E-state index in [0.717, 1.165) is 22.2 Å². The molecule has 0 saturated carbocycles. The first-order chi connectivity index (χ1) is 11.1. The zero-order chi connectivity index (χ0) is 16.5. The van der Waals surface area contributed by atoms with E-state index in [1.807, 2.05) is 36.4 Å². The minimum atomic E-state index is 0.0604. The molecular formula is C18H22N2OS2. The van der Waals surface area contributed by atoms with E-state index in [4.69, 9.17) is 0 Å². The first-order valence-corrected chi connectivity index (χ1v) is 9.78. The molecule has 2 aromatic rings. The SMILES string of the molecule is CC(C)CSCC(=O)Nc1cccc(CSc2ccccn2)c1. The Morgan fingerprint density at radius 3 is 2.83 bits per heavy atom. The molecule has 122 valence electrons. The van der Waals surface area contributed by atoms with Gasteiger partial charge in [-0.15, -0.1) is 11.8 Å². The number of thioether (sulfide) groups is 2. The fourth-order valence-electron chi connectivity index (χ4n) is 1.91. The van der Waals surface area contributed by atoms with Crippen LogP contribution in [0.4, 0.5) is 5.69 Å². The number of nitrogens with one attached hydrogen (secondary N) is 1. The second-order valence-corrected chi connectivity index (χ2v) is 7.64. The summed E-state index contributed by atoms with van der Waals surface area (Å²) in [6.45, 7) is 4.32. The molecule has 2 rings (SSSR count). The average Bonchev–Trinajstić information content (AvgIpc) is 2.54. The van der Waals surface area contributed by atoms with Gasteiger partial charge in [-0.05, 0) is 41.5 Å². The van der Waals surface area contributed by atoms with Crippen molar-refractivity contribution in [1.82, 2.24) is 4.98 Å². The minimum Gasteiger partial charge on any atom is -0.325 e. The molecule has 1 N–H and O–H groups in total. The van der Waals surface area contributed by atoms with Crippen LogP contribution in [0.2, 0.25) is 0 Å². The number of amides is 1. The fraction of sp³-hybridized carbons (Fsp3) is 0.333. The third-order valence-corrected chi connectivity index (χ3v) is 5.30. The molecule has 1 aromatic heterocycles. The third-order valence-electron chi connectivity index (χ3n) is 2.92. The molecule has 0 fully saturated rings. The lowest BCUT2D eigenvalue weighted by molar-refractivity contribution is -0.113. The molecule has 0 atom stereocenters. The van der Waals surface area contributed by atoms with Crippen molar-refractivity contribution in [2.45, 2.75) is 24.6 Å². The van der Waals surface area contributed by atoms with Crippen LogP contribution in [0.1, 0.15) is 19.4 Å². The summed E-state index contributed by atoms with van der Waals surface area (Å²) in [5.41, 5.74) is 2.03. The lowest BCUT2D eigenvalue weighted by atomic mass is 10.2. The molecule has 0 radical (unpaired) electrons. The predicted molar refractivity (Wildman–Crippen MR) is 101 cm³/mol. The lowest BCUT2D eigenvalue weighted by Gasteiger charge is -2.08. The zero-order valence-electron chi connectivity index (χ0n) is 13.5. The van der Waals surface area contributed by atoms with E-state index in [-0.39, 0.29) is 5.91 Å². The van der Waals surface area contributed by atoms with Gasteiger partial charge in [0, 0.05) is 17.6 Å². The van der Waals surface area contributed by atoms with Crippen molar-refractivity contribution in [1.29, 1.82) is 0 Å². The van der Waals surface area contributed by atoms with Crippen LogP contribution in [0, 0.1) is 5.92 Å². The summed E-state index contributed by atoms with van der Waals surface area (Å²) in [5.74, 6) is 3.02. The van der Waals surface area contributed by atoms with Gasteiger partial charge in [-0.1, -0.05) is 32.0 Å². The average molecular weight is 347 g/mol. The molecule has 1 amide bonds. The molecule has 0 aliphatic carbocycles. The second kappa shape index (κ2) is 9.63. The minimum absolute atomic E-state index is 0.0604. The van der Waals surface area contributed by atoms with E-state index >= 15 is 0 Å². The fourth-order valence-corrected chi connectivity index (χ4v) is 3.56. The van der Waals surface area contributed by atoms with Gasteiger partial charge in [0.15, 0.2) is 0 Å². The van der Waals surface area contributed by atoms with Gasteiger partial charge in [0.25, 0.3) is 0 Å². The molecule has 1 heterocycles. The van der Waals surface area contributed by atoms with E-state index in [9.17, 15) is 4.79 Å². The van der Waals surface area contributed by atoms with Gasteiger partial charge < -0.3 is 5.32 Å². The predicted octanol–water partition coefficient (Wildman–Crippen LogP) is 4.70. The molecule has 1 aromatic carbocycles. The molecule has 0 saturated heterocycles. The van der Waals surface area contributed by atoms with Crippen molar-refractivity contribution < 1.29 is 4.79 Å². The quantitative estimate of drug-likeness (QED) is 0.703. The Bertz CT molecular complexity index is 617. The lowest BCUT2D eigenvalue weighted by Crippen LogP contribution is -2.14. The number of aromatic nitrogens is 1. The highest BCUT2D eigenvalue weighted by atomic mass is 32.2. The maximum Gasteiger partial charge on any atom is 0.234 e. The van der Waals surface area contributed by atoms with E-state index in [1.165, 1.54) is 5.56 Å². The highest BCUT2D eigenvalue weighted by molar-refractivity contribution is 8.00. The summed E-state index contributed by atoms with van der Waals surface area (Å²) in [4.78, 5) is 16.2. The Kier molecular flexibility index (Phi) is 7.49. The number of carbonyl (C=O) groups is 1. The molecule has 0 aliphatic rings. The van der Waals surface area contributed by atoms with Crippen LogP contribution in [0.3, 0.4) is 0 Å². The number of hydrogen-bond acceptors (Lipinski definition) is 4. The molecular weight excluding hydrogens is 324 g/mol. The van der Waals surface area contributed by atoms with Gasteiger partial charge in [0.2, 0.25) is 5.91 Å². The largest absolute Gasteiger partial charge is 0.325 e. The van der Waals surface area contributed by atoms with E-state index in [2.05, 4.69) is 30.2 Å². The van der Waals surface area contributed by atoms with Crippen LogP contribution in [-0.2, 0) is 10.5 Å². The smallest absolute Gasteiger partial charge is 0.234 e. The molecule has 23 heavy (non-hydrogen) atoms. The highest BCUT2D eigenvalue weighted by Gasteiger charge is 2.05. The number of pyridine rings is 1. The number of carbonyl (C=O) groups excluding carboxylic acids is 1. The third kappa shape index (κ3) is 7.10. The maximum atomic E-state index is 11.9. The summed E-state index contributed by atoms with van der Waals surface area (Å²) in [6, 6.07) is 13.9. The summed E-state index contributed by atoms with van der Waals surface area (Å²) in [7, 11) is 0. The Morgan fingerprint density at radius 1 is 1.22 bits per heavy atom. The summed E-state index contributed by atoms with van der Waals surface area (Å²) in [6.07, 6.45) is 1.80. The van der Waals surface area contributed by atoms with Crippen molar-refractivity contribution in [3.63, 3.8) is 0 Å². The molecule has 0 bridgehead atoms. The second-order valence-electron chi connectivity index (χ2n) is 5.61. The van der Waals surface area contributed by atoms with Gasteiger partial charge in [0.1, 0.15) is 0 Å². The van der Waals surface area contributed by atoms with Gasteiger partial charge in [-0.2, -0.15) is 11.8 Å².